The Bertz CT molecular complexity index is 422. The fourth-order valence-electron chi connectivity index (χ4n) is 2.23. The summed E-state index contributed by atoms with van der Waals surface area (Å²) in [5.74, 6) is 1.71. The van der Waals surface area contributed by atoms with Crippen molar-refractivity contribution in [2.45, 2.75) is 39.3 Å². The van der Waals surface area contributed by atoms with Crippen LogP contribution in [-0.4, -0.2) is 25.3 Å². The van der Waals surface area contributed by atoms with Gasteiger partial charge in [-0.2, -0.15) is 0 Å². The maximum atomic E-state index is 11.8. The van der Waals surface area contributed by atoms with E-state index in [1.165, 1.54) is 0 Å². The zero-order valence-corrected chi connectivity index (χ0v) is 11.1. The van der Waals surface area contributed by atoms with Gasteiger partial charge in [0, 0.05) is 12.2 Å². The number of ether oxygens (including phenoxy) is 1. The highest BCUT2D eigenvalue weighted by Gasteiger charge is 2.20. The average molecular weight is 252 g/mol. The number of nitrogens with one attached hydrogen (secondary N) is 2. The van der Waals surface area contributed by atoms with Gasteiger partial charge in [0.15, 0.2) is 0 Å². The molecule has 1 fully saturated rings. The third kappa shape index (κ3) is 3.04. The molecule has 2 atom stereocenters. The minimum Gasteiger partial charge on any atom is -0.466 e. The molecule has 1 aliphatic rings. The standard InChI is InChI=1S/C13H20N2O3/c1-8-6-12(10(3)18-8)9(2)14-13(16)15-11-4-5-17-7-11/h6,9,11H,4-5,7H2,1-3H3,(H2,14,15,16). The minimum absolute atomic E-state index is 0.0650. The number of hydrogen-bond donors (Lipinski definition) is 2. The van der Waals surface area contributed by atoms with Crippen molar-refractivity contribution in [1.82, 2.24) is 10.6 Å². The fraction of sp³-hybridized carbons (Fsp3) is 0.615. The smallest absolute Gasteiger partial charge is 0.315 e. The maximum Gasteiger partial charge on any atom is 0.315 e. The van der Waals surface area contributed by atoms with Crippen LogP contribution in [0.3, 0.4) is 0 Å². The number of carbonyl (C=O) groups excluding carboxylic acids is 1. The summed E-state index contributed by atoms with van der Waals surface area (Å²) in [6, 6.07) is 1.87. The van der Waals surface area contributed by atoms with Crippen molar-refractivity contribution in [2.24, 2.45) is 0 Å². The van der Waals surface area contributed by atoms with Crippen LogP contribution >= 0.6 is 0 Å². The van der Waals surface area contributed by atoms with Crippen molar-refractivity contribution in [3.63, 3.8) is 0 Å². The molecule has 2 heterocycles. The fourth-order valence-corrected chi connectivity index (χ4v) is 2.23. The van der Waals surface area contributed by atoms with Crippen molar-refractivity contribution in [1.29, 1.82) is 0 Å². The summed E-state index contributed by atoms with van der Waals surface area (Å²) < 4.78 is 10.7. The van der Waals surface area contributed by atoms with E-state index in [9.17, 15) is 4.79 Å². The summed E-state index contributed by atoms with van der Waals surface area (Å²) in [5, 5.41) is 5.81. The molecule has 2 unspecified atom stereocenters. The molecular formula is C13H20N2O3. The molecule has 100 valence electrons. The maximum absolute atomic E-state index is 11.8. The Balaban J connectivity index is 1.88. The molecule has 0 spiro atoms. The molecule has 1 aromatic rings. The molecule has 18 heavy (non-hydrogen) atoms. The van der Waals surface area contributed by atoms with Crippen LogP contribution in [0.25, 0.3) is 0 Å². The molecule has 5 nitrogen and oxygen atoms in total. The number of aryl methyl sites for hydroxylation is 2. The van der Waals surface area contributed by atoms with Crippen LogP contribution in [0.5, 0.6) is 0 Å². The highest BCUT2D eigenvalue weighted by molar-refractivity contribution is 5.74. The monoisotopic (exact) mass is 252 g/mol. The van der Waals surface area contributed by atoms with E-state index in [1.807, 2.05) is 26.8 Å². The van der Waals surface area contributed by atoms with E-state index in [2.05, 4.69) is 10.6 Å². The summed E-state index contributed by atoms with van der Waals surface area (Å²) in [4.78, 5) is 11.8. The number of carbonyl (C=O) groups is 1. The summed E-state index contributed by atoms with van der Waals surface area (Å²) in [6.45, 7) is 7.08. The molecule has 0 bridgehead atoms. The zero-order valence-electron chi connectivity index (χ0n) is 11.1. The number of hydrogen-bond acceptors (Lipinski definition) is 3. The Morgan fingerprint density at radius 2 is 2.28 bits per heavy atom. The highest BCUT2D eigenvalue weighted by atomic mass is 16.5. The molecule has 0 saturated carbocycles. The lowest BCUT2D eigenvalue weighted by atomic mass is 10.1. The van der Waals surface area contributed by atoms with Gasteiger partial charge < -0.3 is 19.8 Å². The van der Waals surface area contributed by atoms with Crippen LogP contribution in [0.15, 0.2) is 10.5 Å². The molecule has 1 saturated heterocycles. The first kappa shape index (κ1) is 13.0. The predicted molar refractivity (Wildman–Crippen MR) is 67.5 cm³/mol. The first-order valence-electron chi connectivity index (χ1n) is 6.28. The topological polar surface area (TPSA) is 63.5 Å². The highest BCUT2D eigenvalue weighted by Crippen LogP contribution is 2.20. The van der Waals surface area contributed by atoms with E-state index in [0.717, 1.165) is 30.1 Å². The summed E-state index contributed by atoms with van der Waals surface area (Å²) in [7, 11) is 0. The normalized spacial score (nSPS) is 20.7. The van der Waals surface area contributed by atoms with Gasteiger partial charge in [0.1, 0.15) is 11.5 Å². The van der Waals surface area contributed by atoms with Gasteiger partial charge in [-0.15, -0.1) is 0 Å². The van der Waals surface area contributed by atoms with Crippen molar-refractivity contribution in [3.05, 3.63) is 23.2 Å². The lowest BCUT2D eigenvalue weighted by Crippen LogP contribution is -2.43. The van der Waals surface area contributed by atoms with Crippen molar-refractivity contribution < 1.29 is 13.9 Å². The Morgan fingerprint density at radius 3 is 2.83 bits per heavy atom. The van der Waals surface area contributed by atoms with Gasteiger partial charge in [-0.1, -0.05) is 0 Å². The number of rotatable bonds is 3. The van der Waals surface area contributed by atoms with Gasteiger partial charge in [0.05, 0.1) is 18.7 Å². The quantitative estimate of drug-likeness (QED) is 0.865. The van der Waals surface area contributed by atoms with Crippen LogP contribution in [-0.2, 0) is 4.74 Å². The van der Waals surface area contributed by atoms with Crippen LogP contribution in [0.4, 0.5) is 4.79 Å². The van der Waals surface area contributed by atoms with Crippen LogP contribution in [0, 0.1) is 13.8 Å². The Hall–Kier alpha value is -1.49. The minimum atomic E-state index is -0.156. The lowest BCUT2D eigenvalue weighted by molar-refractivity contribution is 0.188. The van der Waals surface area contributed by atoms with Crippen molar-refractivity contribution >= 4 is 6.03 Å². The number of amides is 2. The van der Waals surface area contributed by atoms with Gasteiger partial charge in [0.25, 0.3) is 0 Å². The van der Waals surface area contributed by atoms with Crippen molar-refractivity contribution in [2.75, 3.05) is 13.2 Å². The van der Waals surface area contributed by atoms with E-state index < -0.39 is 0 Å². The first-order valence-corrected chi connectivity index (χ1v) is 6.28. The molecule has 0 radical (unpaired) electrons. The lowest BCUT2D eigenvalue weighted by Gasteiger charge is -2.16. The third-order valence-electron chi connectivity index (χ3n) is 3.16. The Labute approximate surface area is 107 Å². The van der Waals surface area contributed by atoms with Gasteiger partial charge in [-0.3, -0.25) is 0 Å². The summed E-state index contributed by atoms with van der Waals surface area (Å²) >= 11 is 0. The van der Waals surface area contributed by atoms with Crippen LogP contribution in [0.1, 0.15) is 36.5 Å². The molecule has 2 N–H and O–H groups in total. The molecule has 2 amide bonds. The third-order valence-corrected chi connectivity index (χ3v) is 3.16. The van der Waals surface area contributed by atoms with Crippen LogP contribution in [0.2, 0.25) is 0 Å². The van der Waals surface area contributed by atoms with Gasteiger partial charge in [0.2, 0.25) is 0 Å². The van der Waals surface area contributed by atoms with Gasteiger partial charge in [-0.05, 0) is 33.3 Å². The zero-order chi connectivity index (χ0) is 13.1. The second-order valence-electron chi connectivity index (χ2n) is 4.77. The molecule has 0 aliphatic carbocycles. The van der Waals surface area contributed by atoms with Gasteiger partial charge >= 0.3 is 6.03 Å². The number of urea groups is 1. The van der Waals surface area contributed by atoms with E-state index in [1.54, 1.807) is 0 Å². The van der Waals surface area contributed by atoms with Crippen molar-refractivity contribution in [3.8, 4) is 0 Å². The summed E-state index contributed by atoms with van der Waals surface area (Å²) in [6.07, 6.45) is 0.881. The van der Waals surface area contributed by atoms with E-state index >= 15 is 0 Å². The molecule has 1 aliphatic heterocycles. The molecule has 2 rings (SSSR count). The predicted octanol–water partition coefficient (Wildman–Crippen LogP) is 2.05. The molecule has 5 heteroatoms. The Kier molecular flexibility index (Phi) is 3.91. The molecule has 0 aromatic carbocycles. The largest absolute Gasteiger partial charge is 0.466 e. The number of furan rings is 1. The van der Waals surface area contributed by atoms with E-state index in [4.69, 9.17) is 9.15 Å². The van der Waals surface area contributed by atoms with E-state index in [-0.39, 0.29) is 18.1 Å². The second-order valence-corrected chi connectivity index (χ2v) is 4.77. The average Bonchev–Trinajstić information content (AvgIpc) is 2.88. The SMILES string of the molecule is Cc1cc(C(C)NC(=O)NC2CCOC2)c(C)o1. The first-order chi connectivity index (χ1) is 8.56. The van der Waals surface area contributed by atoms with Gasteiger partial charge in [-0.25, -0.2) is 4.79 Å². The van der Waals surface area contributed by atoms with E-state index in [0.29, 0.717) is 6.61 Å². The second kappa shape index (κ2) is 5.44. The molecular weight excluding hydrogens is 232 g/mol. The molecule has 1 aromatic heterocycles. The van der Waals surface area contributed by atoms with Crippen LogP contribution < -0.4 is 10.6 Å². The summed E-state index contributed by atoms with van der Waals surface area (Å²) in [5.41, 5.74) is 1.02. The Morgan fingerprint density at radius 1 is 1.50 bits per heavy atom.